The summed E-state index contributed by atoms with van der Waals surface area (Å²) >= 11 is 1.14. The maximum atomic E-state index is 10.8. The van der Waals surface area contributed by atoms with Crippen molar-refractivity contribution in [1.29, 1.82) is 0 Å². The third-order valence-corrected chi connectivity index (χ3v) is 4.67. The molecule has 7 heteroatoms. The van der Waals surface area contributed by atoms with Crippen molar-refractivity contribution < 1.29 is 14.6 Å². The van der Waals surface area contributed by atoms with Gasteiger partial charge in [-0.25, -0.2) is 0 Å². The zero-order chi connectivity index (χ0) is 19.1. The van der Waals surface area contributed by atoms with E-state index in [9.17, 15) is 4.79 Å². The monoisotopic (exact) mass is 381 g/mol. The first-order valence-corrected chi connectivity index (χ1v) is 9.32. The van der Waals surface area contributed by atoms with Crippen LogP contribution in [0.1, 0.15) is 5.56 Å². The molecule has 2 aromatic carbocycles. The molecule has 6 nitrogen and oxygen atoms in total. The minimum Gasteiger partial charge on any atom is -0.489 e. The van der Waals surface area contributed by atoms with Crippen LogP contribution < -0.4 is 4.74 Å². The van der Waals surface area contributed by atoms with Crippen molar-refractivity contribution in [3.63, 3.8) is 0 Å². The van der Waals surface area contributed by atoms with E-state index in [0.29, 0.717) is 24.1 Å². The number of hydrogen-bond donors (Lipinski definition) is 1. The van der Waals surface area contributed by atoms with Crippen LogP contribution in [0.25, 0.3) is 11.4 Å². The van der Waals surface area contributed by atoms with E-state index < -0.39 is 5.97 Å². The Bertz CT molecular complexity index is 908. The first kappa shape index (κ1) is 18.7. The average molecular weight is 381 g/mol. The number of benzene rings is 2. The van der Waals surface area contributed by atoms with Gasteiger partial charge in [0, 0.05) is 12.1 Å². The van der Waals surface area contributed by atoms with Gasteiger partial charge in [-0.3, -0.25) is 9.36 Å². The smallest absolute Gasteiger partial charge is 0.313 e. The van der Waals surface area contributed by atoms with Gasteiger partial charge in [-0.05, 0) is 29.8 Å². The Balaban J connectivity index is 1.74. The molecule has 138 valence electrons. The molecule has 27 heavy (non-hydrogen) atoms. The first-order valence-electron chi connectivity index (χ1n) is 8.33. The number of ether oxygens (including phenoxy) is 1. The van der Waals surface area contributed by atoms with Crippen LogP contribution in [-0.4, -0.2) is 31.6 Å². The van der Waals surface area contributed by atoms with Crippen LogP contribution in [0, 0.1) is 0 Å². The van der Waals surface area contributed by atoms with Crippen molar-refractivity contribution in [2.75, 3.05) is 5.75 Å². The fourth-order valence-electron chi connectivity index (χ4n) is 2.47. The highest BCUT2D eigenvalue weighted by molar-refractivity contribution is 7.99. The molecule has 0 fully saturated rings. The van der Waals surface area contributed by atoms with Gasteiger partial charge in [0.25, 0.3) is 0 Å². The van der Waals surface area contributed by atoms with Crippen LogP contribution >= 0.6 is 11.8 Å². The fourth-order valence-corrected chi connectivity index (χ4v) is 3.14. The quantitative estimate of drug-likeness (QED) is 0.448. The first-order chi connectivity index (χ1) is 13.2. The number of nitrogens with zero attached hydrogens (tertiary/aromatic N) is 3. The van der Waals surface area contributed by atoms with E-state index in [1.807, 2.05) is 59.2 Å². The van der Waals surface area contributed by atoms with Gasteiger partial charge < -0.3 is 9.84 Å². The highest BCUT2D eigenvalue weighted by atomic mass is 32.2. The molecule has 0 amide bonds. The summed E-state index contributed by atoms with van der Waals surface area (Å²) in [6, 6.07) is 17.6. The Labute approximate surface area is 161 Å². The molecule has 0 aliphatic carbocycles. The van der Waals surface area contributed by atoms with Gasteiger partial charge >= 0.3 is 5.97 Å². The topological polar surface area (TPSA) is 77.2 Å². The average Bonchev–Trinajstić information content (AvgIpc) is 3.09. The number of aromatic nitrogens is 3. The number of carboxylic acids is 1. The molecular formula is C20H19N3O3S. The van der Waals surface area contributed by atoms with Gasteiger partial charge in [0.2, 0.25) is 0 Å². The molecule has 0 saturated heterocycles. The number of allylic oxidation sites excluding steroid dienone is 1. The Kier molecular flexibility index (Phi) is 6.27. The summed E-state index contributed by atoms with van der Waals surface area (Å²) in [7, 11) is 0. The standard InChI is InChI=1S/C20H19N3O3S/c1-2-12-23-19(21-22-20(23)27-14-18(24)25)16-8-10-17(11-9-16)26-13-15-6-4-3-5-7-15/h2-11H,1,12-14H2,(H,24,25). The van der Waals surface area contributed by atoms with Crippen molar-refractivity contribution in [3.05, 3.63) is 72.8 Å². The van der Waals surface area contributed by atoms with E-state index in [1.54, 1.807) is 6.08 Å². The minimum absolute atomic E-state index is 0.0679. The van der Waals surface area contributed by atoms with E-state index in [2.05, 4.69) is 16.8 Å². The van der Waals surface area contributed by atoms with E-state index in [-0.39, 0.29) is 5.75 Å². The number of thioether (sulfide) groups is 1. The molecule has 0 spiro atoms. The van der Waals surface area contributed by atoms with E-state index in [4.69, 9.17) is 9.84 Å². The van der Waals surface area contributed by atoms with Gasteiger partial charge in [0.05, 0.1) is 5.75 Å². The van der Waals surface area contributed by atoms with Crippen molar-refractivity contribution >= 4 is 17.7 Å². The maximum Gasteiger partial charge on any atom is 0.313 e. The summed E-state index contributed by atoms with van der Waals surface area (Å²) in [5.74, 6) is 0.464. The third kappa shape index (κ3) is 4.98. The molecule has 0 aliphatic rings. The highest BCUT2D eigenvalue weighted by Gasteiger charge is 2.14. The summed E-state index contributed by atoms with van der Waals surface area (Å²) < 4.78 is 7.65. The summed E-state index contributed by atoms with van der Waals surface area (Å²) in [6.45, 7) is 4.75. The molecule has 0 radical (unpaired) electrons. The van der Waals surface area contributed by atoms with Crippen molar-refractivity contribution in [2.24, 2.45) is 0 Å². The van der Waals surface area contributed by atoms with Gasteiger partial charge in [0.1, 0.15) is 12.4 Å². The predicted octanol–water partition coefficient (Wildman–Crippen LogP) is 3.89. The fraction of sp³-hybridized carbons (Fsp3) is 0.150. The van der Waals surface area contributed by atoms with Crippen LogP contribution in [-0.2, 0) is 17.9 Å². The lowest BCUT2D eigenvalue weighted by Crippen LogP contribution is -2.03. The minimum atomic E-state index is -0.894. The number of hydrogen-bond acceptors (Lipinski definition) is 5. The maximum absolute atomic E-state index is 10.8. The van der Waals surface area contributed by atoms with Crippen molar-refractivity contribution in [2.45, 2.75) is 18.3 Å². The second-order valence-electron chi connectivity index (χ2n) is 5.69. The van der Waals surface area contributed by atoms with Crippen LogP contribution in [0.4, 0.5) is 0 Å². The van der Waals surface area contributed by atoms with Gasteiger partial charge in [0.15, 0.2) is 11.0 Å². The molecule has 0 atom stereocenters. The molecule has 1 N–H and O–H groups in total. The van der Waals surface area contributed by atoms with Gasteiger partial charge in [-0.2, -0.15) is 0 Å². The van der Waals surface area contributed by atoms with Gasteiger partial charge in [-0.15, -0.1) is 16.8 Å². The summed E-state index contributed by atoms with van der Waals surface area (Å²) in [4.78, 5) is 10.8. The normalized spacial score (nSPS) is 10.5. The predicted molar refractivity (Wildman–Crippen MR) is 105 cm³/mol. The third-order valence-electron chi connectivity index (χ3n) is 3.71. The zero-order valence-corrected chi connectivity index (χ0v) is 15.4. The second-order valence-corrected chi connectivity index (χ2v) is 6.63. The van der Waals surface area contributed by atoms with Gasteiger partial charge in [-0.1, -0.05) is 48.2 Å². The number of aliphatic carboxylic acids is 1. The van der Waals surface area contributed by atoms with Crippen LogP contribution in [0.15, 0.2) is 72.4 Å². The van der Waals surface area contributed by atoms with Crippen LogP contribution in [0.3, 0.4) is 0 Å². The largest absolute Gasteiger partial charge is 0.489 e. The van der Waals surface area contributed by atoms with Crippen molar-refractivity contribution in [3.8, 4) is 17.1 Å². The SMILES string of the molecule is C=CCn1c(SCC(=O)O)nnc1-c1ccc(OCc2ccccc2)cc1. The Hall–Kier alpha value is -3.06. The highest BCUT2D eigenvalue weighted by Crippen LogP contribution is 2.26. The summed E-state index contributed by atoms with van der Waals surface area (Å²) in [6.07, 6.45) is 1.73. The number of carboxylic acid groups (broad SMARTS) is 1. The van der Waals surface area contributed by atoms with Crippen LogP contribution in [0.5, 0.6) is 5.75 Å². The molecule has 0 aliphatic heterocycles. The Morgan fingerprint density at radius 2 is 1.89 bits per heavy atom. The summed E-state index contributed by atoms with van der Waals surface area (Å²) in [5.41, 5.74) is 1.98. The van der Waals surface area contributed by atoms with E-state index >= 15 is 0 Å². The molecule has 3 aromatic rings. The number of rotatable bonds is 9. The second kappa shape index (κ2) is 9.05. The Morgan fingerprint density at radius 3 is 2.56 bits per heavy atom. The Morgan fingerprint density at radius 1 is 1.15 bits per heavy atom. The number of carbonyl (C=O) groups is 1. The van der Waals surface area contributed by atoms with Crippen LogP contribution in [0.2, 0.25) is 0 Å². The lowest BCUT2D eigenvalue weighted by atomic mass is 10.2. The molecule has 0 bridgehead atoms. The van der Waals surface area contributed by atoms with E-state index in [0.717, 1.165) is 28.6 Å². The molecular weight excluding hydrogens is 362 g/mol. The molecule has 1 aromatic heterocycles. The molecule has 1 heterocycles. The van der Waals surface area contributed by atoms with E-state index in [1.165, 1.54) is 0 Å². The lowest BCUT2D eigenvalue weighted by Gasteiger charge is -2.09. The zero-order valence-electron chi connectivity index (χ0n) is 14.6. The van der Waals surface area contributed by atoms with Crippen molar-refractivity contribution in [1.82, 2.24) is 14.8 Å². The molecule has 0 saturated carbocycles. The molecule has 3 rings (SSSR count). The molecule has 0 unspecified atom stereocenters. The lowest BCUT2D eigenvalue weighted by molar-refractivity contribution is -0.133. The summed E-state index contributed by atoms with van der Waals surface area (Å²) in [5, 5.41) is 17.8.